The summed E-state index contributed by atoms with van der Waals surface area (Å²) >= 11 is 6.26. The number of carbonyl (C=O) groups is 2. The van der Waals surface area contributed by atoms with E-state index in [-0.39, 0.29) is 17.6 Å². The van der Waals surface area contributed by atoms with E-state index in [4.69, 9.17) is 16.3 Å². The maximum atomic E-state index is 13.4. The molecule has 1 aliphatic carbocycles. The molecule has 168 valence electrons. The molecule has 3 heterocycles. The highest BCUT2D eigenvalue weighted by Crippen LogP contribution is 2.58. The van der Waals surface area contributed by atoms with E-state index in [1.54, 1.807) is 0 Å². The lowest BCUT2D eigenvalue weighted by Crippen LogP contribution is -2.50. The fourth-order valence-corrected chi connectivity index (χ4v) is 6.05. The molecule has 0 N–H and O–H groups in total. The first-order valence-electron chi connectivity index (χ1n) is 11.8. The van der Waals surface area contributed by atoms with Crippen LogP contribution in [0.5, 0.6) is 0 Å². The van der Waals surface area contributed by atoms with Gasteiger partial charge in [0.05, 0.1) is 12.0 Å². The van der Waals surface area contributed by atoms with Crippen molar-refractivity contribution in [3.8, 4) is 0 Å². The Morgan fingerprint density at radius 2 is 1.84 bits per heavy atom. The Labute approximate surface area is 189 Å². The molecule has 3 aliphatic heterocycles. The van der Waals surface area contributed by atoms with Crippen molar-refractivity contribution in [1.29, 1.82) is 0 Å². The summed E-state index contributed by atoms with van der Waals surface area (Å²) in [5.74, 6) is 0.294. The number of carbonyl (C=O) groups excluding carboxylic acids is 2. The van der Waals surface area contributed by atoms with Crippen molar-refractivity contribution in [3.05, 3.63) is 28.8 Å². The summed E-state index contributed by atoms with van der Waals surface area (Å²) in [6.45, 7) is 5.85. The first-order valence-corrected chi connectivity index (χ1v) is 12.2. The number of rotatable bonds is 3. The van der Waals surface area contributed by atoms with E-state index in [0.29, 0.717) is 18.6 Å². The molecule has 0 radical (unpaired) electrons. The van der Waals surface area contributed by atoms with Crippen molar-refractivity contribution in [2.75, 3.05) is 37.7 Å². The lowest BCUT2D eigenvalue weighted by Gasteiger charge is -2.40. The summed E-state index contributed by atoms with van der Waals surface area (Å²) in [4.78, 5) is 32.0. The predicted molar refractivity (Wildman–Crippen MR) is 121 cm³/mol. The molecule has 4 aliphatic rings. The number of hydrogen-bond donors (Lipinski definition) is 0. The van der Waals surface area contributed by atoms with E-state index >= 15 is 0 Å². The van der Waals surface area contributed by atoms with Crippen molar-refractivity contribution < 1.29 is 14.3 Å². The van der Waals surface area contributed by atoms with Crippen molar-refractivity contribution in [3.63, 3.8) is 0 Å². The molecule has 31 heavy (non-hydrogen) atoms. The van der Waals surface area contributed by atoms with Gasteiger partial charge in [-0.2, -0.15) is 0 Å². The Morgan fingerprint density at radius 1 is 1.10 bits per heavy atom. The molecule has 0 bridgehead atoms. The van der Waals surface area contributed by atoms with Gasteiger partial charge >= 0.3 is 6.09 Å². The molecule has 1 aromatic carbocycles. The normalized spacial score (nSPS) is 26.1. The fraction of sp³-hybridized carbons (Fsp3) is 0.667. The molecule has 2 saturated heterocycles. The zero-order valence-corrected chi connectivity index (χ0v) is 19.1. The number of hydrogen-bond acceptors (Lipinski definition) is 4. The van der Waals surface area contributed by atoms with Crippen LogP contribution in [-0.4, -0.2) is 66.7 Å². The highest BCUT2D eigenvalue weighted by atomic mass is 35.5. The molecule has 1 saturated carbocycles. The van der Waals surface area contributed by atoms with E-state index in [9.17, 15) is 9.59 Å². The number of amides is 2. The largest absolute Gasteiger partial charge is 0.450 e. The van der Waals surface area contributed by atoms with Crippen LogP contribution >= 0.6 is 11.6 Å². The second-order valence-electron chi connectivity index (χ2n) is 9.46. The van der Waals surface area contributed by atoms with Crippen LogP contribution < -0.4 is 4.90 Å². The predicted octanol–water partition coefficient (Wildman–Crippen LogP) is 4.19. The summed E-state index contributed by atoms with van der Waals surface area (Å²) in [7, 11) is 0. The summed E-state index contributed by atoms with van der Waals surface area (Å²) in [5.41, 5.74) is 1.95. The van der Waals surface area contributed by atoms with Crippen molar-refractivity contribution in [2.24, 2.45) is 0 Å². The highest BCUT2D eigenvalue weighted by Gasteiger charge is 2.60. The number of likely N-dealkylation sites (tertiary alicyclic amines) is 2. The molecule has 5 rings (SSSR count). The number of fused-ring (bicyclic) bond motifs is 2. The van der Waals surface area contributed by atoms with Crippen LogP contribution in [0.25, 0.3) is 0 Å². The van der Waals surface area contributed by atoms with Crippen molar-refractivity contribution in [2.45, 2.75) is 69.4 Å². The van der Waals surface area contributed by atoms with Crippen LogP contribution in [0.15, 0.2) is 18.2 Å². The van der Waals surface area contributed by atoms with Gasteiger partial charge in [0.25, 0.3) is 0 Å². The maximum Gasteiger partial charge on any atom is 0.409 e. The molecular weight excluding hydrogens is 414 g/mol. The Kier molecular flexibility index (Phi) is 5.63. The minimum absolute atomic E-state index is 0.179. The van der Waals surface area contributed by atoms with Gasteiger partial charge in [-0.05, 0) is 75.6 Å². The number of anilines is 1. The number of halogens is 1. The summed E-state index contributed by atoms with van der Waals surface area (Å²) < 4.78 is 5.18. The van der Waals surface area contributed by atoms with Crippen molar-refractivity contribution in [1.82, 2.24) is 9.80 Å². The van der Waals surface area contributed by atoms with E-state index in [0.717, 1.165) is 87.4 Å². The highest BCUT2D eigenvalue weighted by molar-refractivity contribution is 6.31. The van der Waals surface area contributed by atoms with E-state index in [1.807, 2.05) is 30.0 Å². The van der Waals surface area contributed by atoms with Crippen LogP contribution in [0, 0.1) is 0 Å². The van der Waals surface area contributed by atoms with Gasteiger partial charge < -0.3 is 19.4 Å². The topological polar surface area (TPSA) is 53.1 Å². The number of nitrogens with zero attached hydrogens (tertiary/aromatic N) is 3. The van der Waals surface area contributed by atoms with Gasteiger partial charge in [0.2, 0.25) is 5.91 Å². The van der Waals surface area contributed by atoms with Gasteiger partial charge in [0.1, 0.15) is 0 Å². The van der Waals surface area contributed by atoms with Gasteiger partial charge in [-0.3, -0.25) is 4.79 Å². The molecule has 1 aromatic rings. The summed E-state index contributed by atoms with van der Waals surface area (Å²) in [6, 6.07) is 6.75. The molecule has 7 heteroatoms. The molecule has 3 fully saturated rings. The van der Waals surface area contributed by atoms with Crippen LogP contribution in [0.1, 0.15) is 57.4 Å². The number of ether oxygens (including phenoxy) is 1. The maximum absolute atomic E-state index is 13.4. The van der Waals surface area contributed by atoms with Crippen molar-refractivity contribution >= 4 is 29.3 Å². The molecule has 2 amide bonds. The minimum Gasteiger partial charge on any atom is -0.450 e. The first kappa shape index (κ1) is 21.1. The number of benzene rings is 1. The van der Waals surface area contributed by atoms with Crippen LogP contribution in [0.2, 0.25) is 5.02 Å². The van der Waals surface area contributed by atoms with Crippen LogP contribution in [-0.2, 0) is 14.9 Å². The summed E-state index contributed by atoms with van der Waals surface area (Å²) in [5, 5.41) is 0.722. The quantitative estimate of drug-likeness (QED) is 0.699. The fourth-order valence-electron chi connectivity index (χ4n) is 5.88. The summed E-state index contributed by atoms with van der Waals surface area (Å²) in [6.07, 6.45) is 6.86. The third kappa shape index (κ3) is 3.72. The van der Waals surface area contributed by atoms with Gasteiger partial charge in [0, 0.05) is 49.0 Å². The minimum atomic E-state index is -0.283. The van der Waals surface area contributed by atoms with Gasteiger partial charge in [-0.1, -0.05) is 11.6 Å². The second kappa shape index (κ2) is 8.28. The number of piperidine rings is 1. The SMILES string of the molecule is CCOC(=O)N1CCCC(N2CCC(N3C(=O)C4(CC4)c4cc(Cl)ccc43)CC2)CC1. The first-order chi connectivity index (χ1) is 15.0. The van der Waals surface area contributed by atoms with Crippen LogP contribution in [0.4, 0.5) is 10.5 Å². The third-order valence-corrected chi connectivity index (χ3v) is 7.95. The molecule has 1 spiro atoms. The van der Waals surface area contributed by atoms with E-state index in [2.05, 4.69) is 9.80 Å². The van der Waals surface area contributed by atoms with Gasteiger partial charge in [0.15, 0.2) is 0 Å². The smallest absolute Gasteiger partial charge is 0.409 e. The third-order valence-electron chi connectivity index (χ3n) is 7.72. The Bertz CT molecular complexity index is 864. The molecule has 1 unspecified atom stereocenters. The molecule has 0 aromatic heterocycles. The average molecular weight is 446 g/mol. The van der Waals surface area contributed by atoms with Crippen LogP contribution in [0.3, 0.4) is 0 Å². The Morgan fingerprint density at radius 3 is 2.55 bits per heavy atom. The van der Waals surface area contributed by atoms with E-state index < -0.39 is 0 Å². The zero-order valence-electron chi connectivity index (χ0n) is 18.3. The lowest BCUT2D eigenvalue weighted by atomic mass is 9.98. The average Bonchev–Trinajstić information content (AvgIpc) is 3.57. The van der Waals surface area contributed by atoms with Gasteiger partial charge in [-0.25, -0.2) is 4.79 Å². The zero-order chi connectivity index (χ0) is 21.6. The molecule has 1 atom stereocenters. The van der Waals surface area contributed by atoms with Gasteiger partial charge in [-0.15, -0.1) is 0 Å². The van der Waals surface area contributed by atoms with E-state index in [1.165, 1.54) is 0 Å². The lowest BCUT2D eigenvalue weighted by molar-refractivity contribution is -0.120. The molecular formula is C24H32ClN3O3. The monoisotopic (exact) mass is 445 g/mol. The standard InChI is InChI=1S/C24H32ClN3O3/c1-2-31-23(30)27-12-3-4-18(7-15-27)26-13-8-19(9-14-26)28-21-6-5-17(25)16-20(21)24(10-11-24)22(28)29/h5-6,16,18-19H,2-4,7-15H2,1H3. The Balaban J connectivity index is 1.22. The Hall–Kier alpha value is -1.79. The second-order valence-corrected chi connectivity index (χ2v) is 9.89. The molecule has 6 nitrogen and oxygen atoms in total.